The summed E-state index contributed by atoms with van der Waals surface area (Å²) in [5.41, 5.74) is -1.83. The molecule has 1 aromatic heterocycles. The Morgan fingerprint density at radius 1 is 1.16 bits per heavy atom. The van der Waals surface area contributed by atoms with Crippen LogP contribution in [-0.2, 0) is 20.8 Å². The summed E-state index contributed by atoms with van der Waals surface area (Å²) in [6.07, 6.45) is -0.0175. The molecule has 2 aliphatic heterocycles. The van der Waals surface area contributed by atoms with Gasteiger partial charge >= 0.3 is 5.97 Å². The lowest BCUT2D eigenvalue weighted by Gasteiger charge is -2.35. The van der Waals surface area contributed by atoms with Crippen LogP contribution in [0.3, 0.4) is 0 Å². The number of thiophene rings is 1. The number of phenols is 1. The maximum atomic E-state index is 13.5. The van der Waals surface area contributed by atoms with Crippen molar-refractivity contribution in [3.63, 3.8) is 0 Å². The molecule has 0 aliphatic carbocycles. The minimum atomic E-state index is -1.69. The fourth-order valence-electron chi connectivity index (χ4n) is 4.77. The molecular weight excluding hydrogens is 440 g/mol. The van der Waals surface area contributed by atoms with Crippen LogP contribution in [-0.4, -0.2) is 44.0 Å². The second-order valence-electron chi connectivity index (χ2n) is 9.07. The first-order chi connectivity index (χ1) is 14.5. The highest BCUT2D eigenvalue weighted by Gasteiger charge is 2.69. The van der Waals surface area contributed by atoms with Crippen LogP contribution >= 0.6 is 22.9 Å². The van der Waals surface area contributed by atoms with Crippen molar-refractivity contribution in [1.82, 2.24) is 10.2 Å². The number of carboxylic acids is 1. The van der Waals surface area contributed by atoms with Crippen molar-refractivity contribution in [3.8, 4) is 5.75 Å². The number of fused-ring (bicyclic) bond motifs is 1. The number of amides is 2. The second kappa shape index (κ2) is 7.32. The van der Waals surface area contributed by atoms with Crippen LogP contribution in [0, 0.1) is 11.8 Å². The quantitative estimate of drug-likeness (QED) is 0.602. The zero-order valence-corrected chi connectivity index (χ0v) is 18.8. The fraction of sp³-hybridized carbons (Fsp3) is 0.409. The number of carboxylic acid groups (broad SMARTS) is 1. The van der Waals surface area contributed by atoms with Gasteiger partial charge in [0.2, 0.25) is 11.8 Å². The fourth-order valence-corrected chi connectivity index (χ4v) is 5.93. The lowest BCUT2D eigenvalue weighted by Crippen LogP contribution is -2.58. The van der Waals surface area contributed by atoms with E-state index in [4.69, 9.17) is 11.6 Å². The van der Waals surface area contributed by atoms with Crippen molar-refractivity contribution in [3.05, 3.63) is 51.2 Å². The highest BCUT2D eigenvalue weighted by atomic mass is 35.5. The van der Waals surface area contributed by atoms with Gasteiger partial charge in [0.05, 0.1) is 22.2 Å². The first kappa shape index (κ1) is 21.8. The zero-order chi connectivity index (χ0) is 22.7. The van der Waals surface area contributed by atoms with Crippen LogP contribution in [0.4, 0.5) is 0 Å². The Labute approximate surface area is 188 Å². The number of nitrogens with zero attached hydrogens (tertiary/aromatic N) is 1. The molecule has 0 radical (unpaired) electrons. The number of hydrogen-bond donors (Lipinski definition) is 3. The minimum absolute atomic E-state index is 0.0175. The molecule has 2 aromatic rings. The molecule has 164 valence electrons. The van der Waals surface area contributed by atoms with E-state index in [2.05, 4.69) is 5.32 Å². The van der Waals surface area contributed by atoms with Crippen molar-refractivity contribution in [2.75, 3.05) is 0 Å². The third-order valence-electron chi connectivity index (χ3n) is 6.03. The first-order valence-electron chi connectivity index (χ1n) is 9.88. The van der Waals surface area contributed by atoms with Gasteiger partial charge in [-0.1, -0.05) is 23.7 Å². The Morgan fingerprint density at radius 2 is 1.81 bits per heavy atom. The molecule has 0 saturated carbocycles. The number of carbonyl (C=O) groups excluding carboxylic acids is 2. The highest BCUT2D eigenvalue weighted by molar-refractivity contribution is 7.16. The van der Waals surface area contributed by atoms with Gasteiger partial charge in [-0.2, -0.15) is 0 Å². The molecule has 4 atom stereocenters. The number of phenolic OH excluding ortho intramolecular Hbond substituents is 1. The Balaban J connectivity index is 1.86. The van der Waals surface area contributed by atoms with E-state index in [1.807, 2.05) is 0 Å². The molecule has 4 unspecified atom stereocenters. The van der Waals surface area contributed by atoms with E-state index >= 15 is 0 Å². The summed E-state index contributed by atoms with van der Waals surface area (Å²) in [5, 5.41) is 23.1. The molecular formula is C22H23ClN2O5S. The average molecular weight is 463 g/mol. The molecule has 2 fully saturated rings. The smallest absolute Gasteiger partial charge is 0.325 e. The molecule has 3 N–H and O–H groups in total. The van der Waals surface area contributed by atoms with E-state index in [-0.39, 0.29) is 18.1 Å². The van der Waals surface area contributed by atoms with Crippen molar-refractivity contribution < 1.29 is 24.6 Å². The number of nitrogens with one attached hydrogen (secondary N) is 1. The molecule has 2 amide bonds. The van der Waals surface area contributed by atoms with Crippen molar-refractivity contribution >= 4 is 40.7 Å². The van der Waals surface area contributed by atoms with Crippen LogP contribution in [0.25, 0.3) is 0 Å². The molecule has 7 nitrogen and oxygen atoms in total. The van der Waals surface area contributed by atoms with Crippen molar-refractivity contribution in [2.24, 2.45) is 11.8 Å². The van der Waals surface area contributed by atoms with Gasteiger partial charge in [0, 0.05) is 16.8 Å². The van der Waals surface area contributed by atoms with E-state index < -0.39 is 40.8 Å². The van der Waals surface area contributed by atoms with Crippen LogP contribution in [0.2, 0.25) is 4.34 Å². The van der Waals surface area contributed by atoms with Crippen LogP contribution < -0.4 is 5.32 Å². The Bertz CT molecular complexity index is 1060. The van der Waals surface area contributed by atoms with Crippen LogP contribution in [0.1, 0.15) is 37.3 Å². The van der Waals surface area contributed by atoms with Gasteiger partial charge in [-0.25, -0.2) is 0 Å². The van der Waals surface area contributed by atoms with Crippen LogP contribution in [0.5, 0.6) is 5.75 Å². The Morgan fingerprint density at radius 3 is 2.32 bits per heavy atom. The topological polar surface area (TPSA) is 107 Å². The van der Waals surface area contributed by atoms with E-state index in [9.17, 15) is 24.6 Å². The predicted octanol–water partition coefficient (Wildman–Crippen LogP) is 3.22. The molecule has 2 aliphatic rings. The van der Waals surface area contributed by atoms with E-state index in [1.165, 1.54) is 28.4 Å². The summed E-state index contributed by atoms with van der Waals surface area (Å²) in [6.45, 7) is 5.28. The van der Waals surface area contributed by atoms with Gasteiger partial charge in [-0.05, 0) is 50.6 Å². The molecule has 9 heteroatoms. The number of benzene rings is 1. The summed E-state index contributed by atoms with van der Waals surface area (Å²) in [6, 6.07) is 8.98. The summed E-state index contributed by atoms with van der Waals surface area (Å²) >= 11 is 7.38. The van der Waals surface area contributed by atoms with Gasteiger partial charge in [0.15, 0.2) is 0 Å². The lowest BCUT2D eigenvalue weighted by molar-refractivity contribution is -0.153. The number of likely N-dealkylation sites (tertiary alicyclic amines) is 1. The van der Waals surface area contributed by atoms with Gasteiger partial charge in [-0.15, -0.1) is 11.3 Å². The SMILES string of the molecule is CC(C)(C)N1C(=O)C2C(c3ccc(Cl)s3)NC(Cc3ccc(O)cc3)(C(=O)O)C2C1=O. The lowest BCUT2D eigenvalue weighted by atomic mass is 9.76. The van der Waals surface area contributed by atoms with E-state index in [0.29, 0.717) is 14.8 Å². The predicted molar refractivity (Wildman–Crippen MR) is 116 cm³/mol. The van der Waals surface area contributed by atoms with E-state index in [0.717, 1.165) is 0 Å². The van der Waals surface area contributed by atoms with E-state index in [1.54, 1.807) is 45.0 Å². The highest BCUT2D eigenvalue weighted by Crippen LogP contribution is 2.52. The van der Waals surface area contributed by atoms with Gasteiger partial charge in [-0.3, -0.25) is 24.6 Å². The zero-order valence-electron chi connectivity index (χ0n) is 17.3. The molecule has 3 heterocycles. The largest absolute Gasteiger partial charge is 0.508 e. The molecule has 31 heavy (non-hydrogen) atoms. The maximum absolute atomic E-state index is 13.5. The van der Waals surface area contributed by atoms with Gasteiger partial charge < -0.3 is 10.2 Å². The summed E-state index contributed by atoms with van der Waals surface area (Å²) in [7, 11) is 0. The monoisotopic (exact) mass is 462 g/mol. The molecule has 4 rings (SSSR count). The standard InChI is InChI=1S/C22H23ClN2O5S/c1-21(2,3)25-18(27)15-16(19(25)28)22(20(29)30,10-11-4-6-12(26)7-5-11)24-17(15)13-8-9-14(23)31-13/h4-9,15-17,24,26H,10H2,1-3H3,(H,29,30). The number of aromatic hydroxyl groups is 1. The molecule has 2 saturated heterocycles. The van der Waals surface area contributed by atoms with Crippen LogP contribution in [0.15, 0.2) is 36.4 Å². The third-order valence-corrected chi connectivity index (χ3v) is 7.34. The number of halogens is 1. The van der Waals surface area contributed by atoms with Crippen molar-refractivity contribution in [2.45, 2.75) is 44.3 Å². The average Bonchev–Trinajstić information content (AvgIpc) is 3.31. The summed E-state index contributed by atoms with van der Waals surface area (Å²) < 4.78 is 0.518. The first-order valence-corrected chi connectivity index (χ1v) is 11.1. The van der Waals surface area contributed by atoms with Gasteiger partial charge in [0.25, 0.3) is 0 Å². The molecule has 0 spiro atoms. The number of rotatable bonds is 4. The third kappa shape index (κ3) is 3.43. The second-order valence-corrected chi connectivity index (χ2v) is 10.8. The Kier molecular flexibility index (Phi) is 5.15. The number of carbonyl (C=O) groups is 3. The Hall–Kier alpha value is -2.42. The maximum Gasteiger partial charge on any atom is 0.325 e. The summed E-state index contributed by atoms with van der Waals surface area (Å²) in [5.74, 6) is -3.93. The summed E-state index contributed by atoms with van der Waals surface area (Å²) in [4.78, 5) is 41.6. The minimum Gasteiger partial charge on any atom is -0.508 e. The molecule has 1 aromatic carbocycles. The normalized spacial score (nSPS) is 28.3. The van der Waals surface area contributed by atoms with Crippen molar-refractivity contribution in [1.29, 1.82) is 0 Å². The number of aliphatic carboxylic acids is 1. The number of hydrogen-bond acceptors (Lipinski definition) is 6. The molecule has 0 bridgehead atoms. The van der Waals surface area contributed by atoms with Gasteiger partial charge in [0.1, 0.15) is 11.3 Å². The number of imide groups is 1.